The first-order valence-electron chi connectivity index (χ1n) is 4.77. The molecule has 1 heterocycles. The third kappa shape index (κ3) is 2.13. The zero-order valence-corrected chi connectivity index (χ0v) is 9.39. The van der Waals surface area contributed by atoms with Gasteiger partial charge >= 0.3 is 0 Å². The molecular formula is C12H10F2OS. The van der Waals surface area contributed by atoms with Crippen LogP contribution in [0.2, 0.25) is 0 Å². The summed E-state index contributed by atoms with van der Waals surface area (Å²) in [5.74, 6) is -1.84. The second-order valence-corrected chi connectivity index (χ2v) is 4.84. The van der Waals surface area contributed by atoms with E-state index in [0.29, 0.717) is 5.56 Å². The Balaban J connectivity index is 2.33. The van der Waals surface area contributed by atoms with Gasteiger partial charge in [0.2, 0.25) is 0 Å². The topological polar surface area (TPSA) is 20.2 Å². The van der Waals surface area contributed by atoms with Crippen LogP contribution in [0.25, 0.3) is 0 Å². The average Bonchev–Trinajstić information content (AvgIpc) is 2.68. The lowest BCUT2D eigenvalue weighted by molar-refractivity contribution is 0.223. The van der Waals surface area contributed by atoms with Gasteiger partial charge in [-0.2, -0.15) is 0 Å². The Bertz CT molecular complexity index is 507. The van der Waals surface area contributed by atoms with E-state index < -0.39 is 17.7 Å². The van der Waals surface area contributed by atoms with Gasteiger partial charge in [-0.3, -0.25) is 0 Å². The van der Waals surface area contributed by atoms with E-state index in [9.17, 15) is 13.9 Å². The lowest BCUT2D eigenvalue weighted by Crippen LogP contribution is -1.98. The molecule has 16 heavy (non-hydrogen) atoms. The summed E-state index contributed by atoms with van der Waals surface area (Å²) in [7, 11) is 0. The van der Waals surface area contributed by atoms with E-state index in [1.807, 2.05) is 13.0 Å². The average molecular weight is 240 g/mol. The number of benzene rings is 1. The Hall–Kier alpha value is -1.26. The molecule has 1 atom stereocenters. The highest BCUT2D eigenvalue weighted by atomic mass is 32.1. The second kappa shape index (κ2) is 4.31. The molecule has 2 rings (SSSR count). The number of aliphatic hydroxyl groups excluding tert-OH is 1. The molecule has 2 aromatic rings. The molecule has 0 radical (unpaired) electrons. The first-order chi connectivity index (χ1) is 7.58. The predicted molar refractivity (Wildman–Crippen MR) is 59.5 cm³/mol. The molecule has 0 spiro atoms. The minimum absolute atomic E-state index is 0.362. The van der Waals surface area contributed by atoms with Gasteiger partial charge in [0.05, 0.1) is 0 Å². The molecular weight excluding hydrogens is 230 g/mol. The quantitative estimate of drug-likeness (QED) is 0.852. The van der Waals surface area contributed by atoms with Crippen molar-refractivity contribution in [3.63, 3.8) is 0 Å². The Labute approximate surface area is 96.0 Å². The predicted octanol–water partition coefficient (Wildman–Crippen LogP) is 3.42. The van der Waals surface area contributed by atoms with Gasteiger partial charge in [-0.15, -0.1) is 11.3 Å². The SMILES string of the molecule is Cc1ccc(C(O)c2ccc(F)c(F)c2)s1. The standard InChI is InChI=1S/C12H10F2OS/c1-7-2-5-11(16-7)12(15)8-3-4-9(13)10(14)6-8/h2-6,12,15H,1H3. The number of thiophene rings is 1. The van der Waals surface area contributed by atoms with Crippen molar-refractivity contribution in [3.05, 3.63) is 57.3 Å². The number of aliphatic hydroxyl groups is 1. The molecule has 0 saturated heterocycles. The van der Waals surface area contributed by atoms with Crippen LogP contribution in [0.1, 0.15) is 21.4 Å². The normalized spacial score (nSPS) is 12.8. The van der Waals surface area contributed by atoms with Crippen LogP contribution >= 0.6 is 11.3 Å². The van der Waals surface area contributed by atoms with Crippen LogP contribution in [-0.4, -0.2) is 5.11 Å². The molecule has 1 aromatic carbocycles. The Morgan fingerprint density at radius 2 is 1.88 bits per heavy atom. The minimum atomic E-state index is -0.940. The molecule has 1 aromatic heterocycles. The fraction of sp³-hybridized carbons (Fsp3) is 0.167. The minimum Gasteiger partial charge on any atom is -0.383 e. The summed E-state index contributed by atoms with van der Waals surface area (Å²) in [4.78, 5) is 1.79. The summed E-state index contributed by atoms with van der Waals surface area (Å²) in [6.45, 7) is 1.92. The molecule has 4 heteroatoms. The van der Waals surface area contributed by atoms with Crippen molar-refractivity contribution in [3.8, 4) is 0 Å². The van der Waals surface area contributed by atoms with Gasteiger partial charge in [-0.1, -0.05) is 6.07 Å². The lowest BCUT2D eigenvalue weighted by atomic mass is 10.1. The maximum atomic E-state index is 13.0. The van der Waals surface area contributed by atoms with Crippen LogP contribution in [-0.2, 0) is 0 Å². The van der Waals surface area contributed by atoms with Crippen LogP contribution in [0, 0.1) is 18.6 Å². The largest absolute Gasteiger partial charge is 0.383 e. The third-order valence-electron chi connectivity index (χ3n) is 2.29. The lowest BCUT2D eigenvalue weighted by Gasteiger charge is -2.08. The number of aryl methyl sites for hydroxylation is 1. The maximum absolute atomic E-state index is 13.0. The molecule has 1 nitrogen and oxygen atoms in total. The van der Waals surface area contributed by atoms with E-state index in [1.165, 1.54) is 17.4 Å². The van der Waals surface area contributed by atoms with E-state index >= 15 is 0 Å². The van der Waals surface area contributed by atoms with Gasteiger partial charge in [-0.25, -0.2) is 8.78 Å². The highest BCUT2D eigenvalue weighted by molar-refractivity contribution is 7.12. The first kappa shape index (κ1) is 11.2. The molecule has 0 amide bonds. The number of halogens is 2. The van der Waals surface area contributed by atoms with Gasteiger partial charge < -0.3 is 5.11 Å². The number of hydrogen-bond donors (Lipinski definition) is 1. The summed E-state index contributed by atoms with van der Waals surface area (Å²) >= 11 is 1.43. The van der Waals surface area contributed by atoms with Gasteiger partial charge in [0.25, 0.3) is 0 Å². The van der Waals surface area contributed by atoms with Crippen molar-refractivity contribution in [1.29, 1.82) is 0 Å². The van der Waals surface area contributed by atoms with Crippen LogP contribution in [0.5, 0.6) is 0 Å². The summed E-state index contributed by atoms with van der Waals surface area (Å²) in [6, 6.07) is 7.09. The first-order valence-corrected chi connectivity index (χ1v) is 5.59. The molecule has 0 bridgehead atoms. The number of hydrogen-bond acceptors (Lipinski definition) is 2. The van der Waals surface area contributed by atoms with Gasteiger partial charge in [0, 0.05) is 9.75 Å². The molecule has 0 aliphatic heterocycles. The fourth-order valence-corrected chi connectivity index (χ4v) is 2.34. The van der Waals surface area contributed by atoms with E-state index in [2.05, 4.69) is 0 Å². The number of rotatable bonds is 2. The molecule has 84 valence electrons. The zero-order chi connectivity index (χ0) is 11.7. The molecule has 1 N–H and O–H groups in total. The Morgan fingerprint density at radius 1 is 1.12 bits per heavy atom. The molecule has 0 fully saturated rings. The van der Waals surface area contributed by atoms with E-state index in [-0.39, 0.29) is 0 Å². The van der Waals surface area contributed by atoms with Gasteiger partial charge in [0.1, 0.15) is 6.10 Å². The van der Waals surface area contributed by atoms with Crippen molar-refractivity contribution in [2.24, 2.45) is 0 Å². The van der Waals surface area contributed by atoms with Crippen molar-refractivity contribution in [2.75, 3.05) is 0 Å². The van der Waals surface area contributed by atoms with E-state index in [0.717, 1.165) is 21.9 Å². The van der Waals surface area contributed by atoms with Crippen molar-refractivity contribution in [2.45, 2.75) is 13.0 Å². The summed E-state index contributed by atoms with van der Waals surface area (Å²) in [6.07, 6.45) is -0.895. The van der Waals surface area contributed by atoms with Gasteiger partial charge in [-0.05, 0) is 36.8 Å². The second-order valence-electron chi connectivity index (χ2n) is 3.52. The Morgan fingerprint density at radius 3 is 2.44 bits per heavy atom. The summed E-state index contributed by atoms with van der Waals surface area (Å²) < 4.78 is 25.7. The van der Waals surface area contributed by atoms with Crippen molar-refractivity contribution < 1.29 is 13.9 Å². The van der Waals surface area contributed by atoms with Crippen molar-refractivity contribution in [1.82, 2.24) is 0 Å². The molecule has 0 aliphatic carbocycles. The smallest absolute Gasteiger partial charge is 0.159 e. The van der Waals surface area contributed by atoms with E-state index in [4.69, 9.17) is 0 Å². The summed E-state index contributed by atoms with van der Waals surface area (Å²) in [5.41, 5.74) is 0.362. The Kier molecular flexibility index (Phi) is 3.03. The highest BCUT2D eigenvalue weighted by Gasteiger charge is 2.14. The fourth-order valence-electron chi connectivity index (χ4n) is 1.45. The van der Waals surface area contributed by atoms with Crippen LogP contribution in [0.4, 0.5) is 8.78 Å². The molecule has 0 aliphatic rings. The van der Waals surface area contributed by atoms with Crippen LogP contribution < -0.4 is 0 Å². The highest BCUT2D eigenvalue weighted by Crippen LogP contribution is 2.28. The summed E-state index contributed by atoms with van der Waals surface area (Å²) in [5, 5.41) is 9.94. The van der Waals surface area contributed by atoms with Crippen molar-refractivity contribution >= 4 is 11.3 Å². The monoisotopic (exact) mass is 240 g/mol. The van der Waals surface area contributed by atoms with E-state index in [1.54, 1.807) is 6.07 Å². The van der Waals surface area contributed by atoms with Gasteiger partial charge in [0.15, 0.2) is 11.6 Å². The maximum Gasteiger partial charge on any atom is 0.159 e. The third-order valence-corrected chi connectivity index (χ3v) is 3.34. The van der Waals surface area contributed by atoms with Crippen LogP contribution in [0.15, 0.2) is 30.3 Å². The van der Waals surface area contributed by atoms with Crippen LogP contribution in [0.3, 0.4) is 0 Å². The molecule has 1 unspecified atom stereocenters. The molecule has 0 saturated carbocycles. The zero-order valence-electron chi connectivity index (χ0n) is 8.58.